The third kappa shape index (κ3) is 2.83. The average molecular weight is 360 g/mol. The van der Waals surface area contributed by atoms with Gasteiger partial charge in [0.1, 0.15) is 6.23 Å². The molecule has 1 unspecified atom stereocenters. The van der Waals surface area contributed by atoms with E-state index in [0.29, 0.717) is 22.9 Å². The number of nitrogens with zero attached hydrogens (tertiary/aromatic N) is 5. The topological polar surface area (TPSA) is 74.8 Å². The Morgan fingerprint density at radius 3 is 2.76 bits per heavy atom. The lowest BCUT2D eigenvalue weighted by atomic mass is 10.0. The first kappa shape index (κ1) is 16.2. The summed E-state index contributed by atoms with van der Waals surface area (Å²) in [6.07, 6.45) is 7.00. The van der Waals surface area contributed by atoms with Crippen molar-refractivity contribution in [1.82, 2.24) is 24.1 Å². The molecule has 3 aromatic heterocycles. The molecule has 7 nitrogen and oxygen atoms in total. The third-order valence-corrected chi connectivity index (χ3v) is 4.84. The molecular weight excluding hydrogens is 342 g/mol. The Bertz CT molecular complexity index is 962. The van der Waals surface area contributed by atoms with Crippen LogP contribution < -0.4 is 5.43 Å². The molecule has 1 aliphatic heterocycles. The van der Waals surface area contributed by atoms with Gasteiger partial charge in [-0.25, -0.2) is 4.98 Å². The number of rotatable bonds is 3. The second-order valence-corrected chi connectivity index (χ2v) is 6.67. The smallest absolute Gasteiger partial charge is 0.226 e. The molecule has 0 aromatic carbocycles. The maximum absolute atomic E-state index is 11.3. The number of hydrogen-bond donors (Lipinski definition) is 0. The fourth-order valence-electron chi connectivity index (χ4n) is 3.36. The van der Waals surface area contributed by atoms with E-state index < -0.39 is 0 Å². The summed E-state index contributed by atoms with van der Waals surface area (Å²) in [7, 11) is 0. The van der Waals surface area contributed by atoms with Crippen LogP contribution in [-0.2, 0) is 4.74 Å². The molecule has 0 radical (unpaired) electrons. The zero-order valence-corrected chi connectivity index (χ0v) is 14.7. The Morgan fingerprint density at radius 2 is 2.08 bits per heavy atom. The van der Waals surface area contributed by atoms with Gasteiger partial charge < -0.3 is 9.30 Å². The predicted molar refractivity (Wildman–Crippen MR) is 93.9 cm³/mol. The highest BCUT2D eigenvalue weighted by Crippen LogP contribution is 2.36. The van der Waals surface area contributed by atoms with Gasteiger partial charge in [0.05, 0.1) is 12.4 Å². The molecule has 0 amide bonds. The molecule has 3 atom stereocenters. The van der Waals surface area contributed by atoms with Crippen molar-refractivity contribution >= 4 is 22.8 Å². The summed E-state index contributed by atoms with van der Waals surface area (Å²) in [6.45, 7) is 4.32. The molecule has 4 heterocycles. The number of hydrogen-bond acceptors (Lipinski definition) is 5. The number of imidazole rings is 1. The number of ether oxygens (including phenoxy) is 1. The minimum atomic E-state index is -0.113. The summed E-state index contributed by atoms with van der Waals surface area (Å²) in [5.41, 5.74) is 1.17. The van der Waals surface area contributed by atoms with E-state index in [9.17, 15) is 4.79 Å². The van der Waals surface area contributed by atoms with Gasteiger partial charge in [-0.2, -0.15) is 9.97 Å². The number of halogens is 1. The van der Waals surface area contributed by atoms with Crippen molar-refractivity contribution in [2.75, 3.05) is 0 Å². The van der Waals surface area contributed by atoms with Crippen molar-refractivity contribution < 1.29 is 4.74 Å². The highest BCUT2D eigenvalue weighted by atomic mass is 35.5. The number of pyridine rings is 1. The van der Waals surface area contributed by atoms with Crippen molar-refractivity contribution in [3.63, 3.8) is 0 Å². The summed E-state index contributed by atoms with van der Waals surface area (Å²) >= 11 is 6.15. The van der Waals surface area contributed by atoms with Gasteiger partial charge in [-0.1, -0.05) is 13.8 Å². The molecule has 0 spiro atoms. The molecule has 8 heteroatoms. The fourth-order valence-corrected chi connectivity index (χ4v) is 3.52. The van der Waals surface area contributed by atoms with Crippen LogP contribution in [0.2, 0.25) is 5.28 Å². The summed E-state index contributed by atoms with van der Waals surface area (Å²) < 4.78 is 9.78. The van der Waals surface area contributed by atoms with Gasteiger partial charge in [0, 0.05) is 24.5 Å². The lowest BCUT2D eigenvalue weighted by Crippen LogP contribution is -2.12. The van der Waals surface area contributed by atoms with E-state index in [1.165, 1.54) is 12.1 Å². The Hall–Kier alpha value is -2.25. The maximum atomic E-state index is 11.3. The molecule has 130 valence electrons. The summed E-state index contributed by atoms with van der Waals surface area (Å²) in [5.74, 6) is 1.01. The fraction of sp³-hybridized carbons (Fsp3) is 0.412. The number of fused-ring (bicyclic) bond motifs is 1. The van der Waals surface area contributed by atoms with E-state index in [4.69, 9.17) is 16.3 Å². The van der Waals surface area contributed by atoms with Crippen LogP contribution in [-0.4, -0.2) is 30.2 Å². The highest BCUT2D eigenvalue weighted by Gasteiger charge is 2.33. The van der Waals surface area contributed by atoms with Crippen LogP contribution in [0.5, 0.6) is 0 Å². The first-order valence-electron chi connectivity index (χ1n) is 8.31. The Labute approximate surface area is 149 Å². The van der Waals surface area contributed by atoms with Gasteiger partial charge in [-0.3, -0.25) is 9.36 Å². The quantitative estimate of drug-likeness (QED) is 0.672. The van der Waals surface area contributed by atoms with Crippen LogP contribution in [0.4, 0.5) is 0 Å². The van der Waals surface area contributed by atoms with Gasteiger partial charge in [0.2, 0.25) is 5.28 Å². The van der Waals surface area contributed by atoms with Crippen LogP contribution in [0, 0.1) is 5.92 Å². The molecule has 4 rings (SSSR count). The Kier molecular flexibility index (Phi) is 4.05. The standard InChI is InChI=1S/C17H18ClN5O2/c1-3-12-10(2)8-13(25-12)23-9-19-14-15(20-17(18)21-16(14)23)22-6-4-11(24)5-7-22/h4-7,9-10,12-13H,3,8H2,1-2H3/t10?,12-,13-/m1/s1. The molecule has 0 N–H and O–H groups in total. The molecule has 25 heavy (non-hydrogen) atoms. The average Bonchev–Trinajstić information content (AvgIpc) is 3.17. The zero-order chi connectivity index (χ0) is 17.6. The van der Waals surface area contributed by atoms with Crippen molar-refractivity contribution in [3.05, 3.63) is 46.4 Å². The zero-order valence-electron chi connectivity index (χ0n) is 14.0. The SMILES string of the molecule is CC[C@H]1O[C@@H](n2cnc3c(-n4ccc(=O)cc4)nc(Cl)nc32)CC1C. The van der Waals surface area contributed by atoms with Gasteiger partial charge >= 0.3 is 0 Å². The van der Waals surface area contributed by atoms with E-state index in [-0.39, 0.29) is 23.0 Å². The highest BCUT2D eigenvalue weighted by molar-refractivity contribution is 6.28. The van der Waals surface area contributed by atoms with Crippen molar-refractivity contribution in [1.29, 1.82) is 0 Å². The van der Waals surface area contributed by atoms with E-state index in [0.717, 1.165) is 12.8 Å². The molecule has 3 aromatic rings. The van der Waals surface area contributed by atoms with Gasteiger partial charge in [0.15, 0.2) is 22.4 Å². The van der Waals surface area contributed by atoms with E-state index >= 15 is 0 Å². The molecule has 0 bridgehead atoms. The van der Waals surface area contributed by atoms with Crippen LogP contribution >= 0.6 is 11.6 Å². The van der Waals surface area contributed by atoms with E-state index in [1.807, 2.05) is 4.57 Å². The second kappa shape index (κ2) is 6.24. The lowest BCUT2D eigenvalue weighted by Gasteiger charge is -2.14. The molecule has 1 saturated heterocycles. The Morgan fingerprint density at radius 1 is 1.32 bits per heavy atom. The normalized spacial score (nSPS) is 23.4. The predicted octanol–water partition coefficient (Wildman–Crippen LogP) is 2.96. The largest absolute Gasteiger partial charge is 0.354 e. The van der Waals surface area contributed by atoms with E-state index in [2.05, 4.69) is 28.8 Å². The maximum Gasteiger partial charge on any atom is 0.226 e. The van der Waals surface area contributed by atoms with Gasteiger partial charge in [-0.05, 0) is 30.4 Å². The molecular formula is C17H18ClN5O2. The summed E-state index contributed by atoms with van der Waals surface area (Å²) in [6, 6.07) is 2.93. The first-order valence-corrected chi connectivity index (χ1v) is 8.69. The van der Waals surface area contributed by atoms with Crippen molar-refractivity contribution in [2.24, 2.45) is 5.92 Å². The van der Waals surface area contributed by atoms with Crippen LogP contribution in [0.3, 0.4) is 0 Å². The molecule has 1 fully saturated rings. The van der Waals surface area contributed by atoms with Crippen LogP contribution in [0.25, 0.3) is 17.0 Å². The third-order valence-electron chi connectivity index (χ3n) is 4.67. The molecule has 1 aliphatic rings. The lowest BCUT2D eigenvalue weighted by molar-refractivity contribution is -0.00304. The Balaban J connectivity index is 1.82. The molecule has 0 saturated carbocycles. The summed E-state index contributed by atoms with van der Waals surface area (Å²) in [4.78, 5) is 24.5. The minimum absolute atomic E-state index is 0.0721. The van der Waals surface area contributed by atoms with Crippen LogP contribution in [0.15, 0.2) is 35.6 Å². The van der Waals surface area contributed by atoms with Crippen molar-refractivity contribution in [3.8, 4) is 5.82 Å². The number of aromatic nitrogens is 5. The van der Waals surface area contributed by atoms with Crippen molar-refractivity contribution in [2.45, 2.75) is 39.0 Å². The van der Waals surface area contributed by atoms with Gasteiger partial charge in [-0.15, -0.1) is 0 Å². The summed E-state index contributed by atoms with van der Waals surface area (Å²) in [5, 5.41) is 0.126. The van der Waals surface area contributed by atoms with Gasteiger partial charge in [0.25, 0.3) is 0 Å². The first-order chi connectivity index (χ1) is 12.1. The minimum Gasteiger partial charge on any atom is -0.354 e. The second-order valence-electron chi connectivity index (χ2n) is 6.33. The monoisotopic (exact) mass is 359 g/mol. The molecule has 0 aliphatic carbocycles. The van der Waals surface area contributed by atoms with E-state index in [1.54, 1.807) is 23.3 Å². The van der Waals surface area contributed by atoms with Crippen LogP contribution in [0.1, 0.15) is 32.9 Å².